The summed E-state index contributed by atoms with van der Waals surface area (Å²) in [7, 11) is -3.42. The lowest BCUT2D eigenvalue weighted by Gasteiger charge is -2.41. The molecule has 2 aliphatic heterocycles. The second-order valence-corrected chi connectivity index (χ2v) is 10.7. The molecule has 2 aromatic rings. The van der Waals surface area contributed by atoms with E-state index in [-0.39, 0.29) is 28.7 Å². The smallest absolute Gasteiger partial charge is 0.320 e. The van der Waals surface area contributed by atoms with Crippen molar-refractivity contribution in [2.24, 2.45) is 11.7 Å². The van der Waals surface area contributed by atoms with E-state index in [1.165, 1.54) is 12.3 Å². The highest BCUT2D eigenvalue weighted by atomic mass is 35.5. The number of urea groups is 1. The van der Waals surface area contributed by atoms with Crippen molar-refractivity contribution in [1.82, 2.24) is 9.80 Å². The molecule has 0 aliphatic carbocycles. The molecule has 0 bridgehead atoms. The van der Waals surface area contributed by atoms with Gasteiger partial charge in [0.2, 0.25) is 5.91 Å². The summed E-state index contributed by atoms with van der Waals surface area (Å²) in [5, 5.41) is 0.375. The average Bonchev–Trinajstić information content (AvgIpc) is 3.17. The highest BCUT2D eigenvalue weighted by molar-refractivity contribution is 7.90. The second kappa shape index (κ2) is 8.16. The van der Waals surface area contributed by atoms with Gasteiger partial charge in [-0.1, -0.05) is 41.9 Å². The Kier molecular flexibility index (Phi) is 5.70. The number of hydrogen-bond acceptors (Lipinski definition) is 4. The molecule has 7 nitrogen and oxygen atoms in total. The minimum Gasteiger partial charge on any atom is -0.369 e. The Morgan fingerprint density at radius 1 is 1.03 bits per heavy atom. The molecule has 9 heteroatoms. The third kappa shape index (κ3) is 4.41. The molecule has 2 aromatic carbocycles. The number of carbonyl (C=O) groups is 2. The van der Waals surface area contributed by atoms with E-state index in [0.717, 1.165) is 11.1 Å². The van der Waals surface area contributed by atoms with Crippen molar-refractivity contribution in [1.29, 1.82) is 0 Å². The number of hydrogen-bond donors (Lipinski definition) is 1. The van der Waals surface area contributed by atoms with E-state index >= 15 is 0 Å². The predicted octanol–water partition coefficient (Wildman–Crippen LogP) is 2.74. The van der Waals surface area contributed by atoms with Crippen molar-refractivity contribution in [3.63, 3.8) is 0 Å². The van der Waals surface area contributed by atoms with Crippen molar-refractivity contribution in [2.75, 3.05) is 32.4 Å². The Bertz CT molecular complexity index is 1130. The standard InChI is InChI=1S/C22H24ClN3O4S/c1-31(29,30)20-10-18(23)6-7-19(20)15-4-2-14(3-5-15)17-12-26(13-17)22(28)25-9-8-16(11-25)21(24)27/h2-7,10,16-17H,8-9,11-13H2,1H3,(H2,24,27). The van der Waals surface area contributed by atoms with Gasteiger partial charge in [0, 0.05) is 48.9 Å². The molecule has 2 saturated heterocycles. The highest BCUT2D eigenvalue weighted by Gasteiger charge is 2.37. The summed E-state index contributed by atoms with van der Waals surface area (Å²) in [5.74, 6) is -0.373. The molecule has 2 aliphatic rings. The number of benzene rings is 2. The van der Waals surface area contributed by atoms with E-state index in [0.29, 0.717) is 43.2 Å². The number of rotatable bonds is 4. The molecule has 0 spiro atoms. The number of nitrogens with two attached hydrogens (primary N) is 1. The van der Waals surface area contributed by atoms with Crippen LogP contribution < -0.4 is 5.73 Å². The number of sulfone groups is 1. The Morgan fingerprint density at radius 2 is 1.71 bits per heavy atom. The molecule has 2 heterocycles. The fourth-order valence-electron chi connectivity index (χ4n) is 4.19. The zero-order valence-corrected chi connectivity index (χ0v) is 18.7. The zero-order chi connectivity index (χ0) is 22.3. The van der Waals surface area contributed by atoms with Crippen LogP contribution >= 0.6 is 11.6 Å². The van der Waals surface area contributed by atoms with Crippen LogP contribution in [0.3, 0.4) is 0 Å². The van der Waals surface area contributed by atoms with Crippen molar-refractivity contribution < 1.29 is 18.0 Å². The molecule has 3 amide bonds. The maximum absolute atomic E-state index is 12.6. The first-order chi connectivity index (χ1) is 14.6. The van der Waals surface area contributed by atoms with Crippen LogP contribution in [0.15, 0.2) is 47.4 Å². The van der Waals surface area contributed by atoms with Crippen molar-refractivity contribution in [2.45, 2.75) is 17.2 Å². The lowest BCUT2D eigenvalue weighted by Crippen LogP contribution is -2.53. The van der Waals surface area contributed by atoms with Crippen LogP contribution in [0.4, 0.5) is 4.79 Å². The van der Waals surface area contributed by atoms with Crippen LogP contribution in [-0.2, 0) is 14.6 Å². The average molecular weight is 462 g/mol. The van der Waals surface area contributed by atoms with Gasteiger partial charge in [0.25, 0.3) is 0 Å². The fraction of sp³-hybridized carbons (Fsp3) is 0.364. The molecule has 2 N–H and O–H groups in total. The molecule has 1 atom stereocenters. The first-order valence-electron chi connectivity index (χ1n) is 10.1. The number of carbonyl (C=O) groups excluding carboxylic acids is 2. The van der Waals surface area contributed by atoms with Gasteiger partial charge in [0.1, 0.15) is 0 Å². The van der Waals surface area contributed by atoms with E-state index in [1.807, 2.05) is 24.3 Å². The lowest BCUT2D eigenvalue weighted by molar-refractivity contribution is -0.121. The highest BCUT2D eigenvalue weighted by Crippen LogP contribution is 2.33. The van der Waals surface area contributed by atoms with Crippen LogP contribution in [0, 0.1) is 5.92 Å². The van der Waals surface area contributed by atoms with Gasteiger partial charge in [-0.2, -0.15) is 0 Å². The molecule has 4 rings (SSSR count). The molecule has 31 heavy (non-hydrogen) atoms. The van der Waals surface area contributed by atoms with Crippen molar-refractivity contribution in [3.05, 3.63) is 53.1 Å². The van der Waals surface area contributed by atoms with Gasteiger partial charge in [-0.15, -0.1) is 0 Å². The normalized spacial score (nSPS) is 19.4. The third-order valence-corrected chi connectivity index (χ3v) is 7.42. The van der Waals surface area contributed by atoms with E-state index in [9.17, 15) is 18.0 Å². The summed E-state index contributed by atoms with van der Waals surface area (Å²) in [6, 6.07) is 12.6. The summed E-state index contributed by atoms with van der Waals surface area (Å²) in [4.78, 5) is 27.6. The van der Waals surface area contributed by atoms with Crippen LogP contribution in [0.1, 0.15) is 17.9 Å². The molecule has 1 unspecified atom stereocenters. The van der Waals surface area contributed by atoms with Crippen LogP contribution in [0.25, 0.3) is 11.1 Å². The van der Waals surface area contributed by atoms with Crippen molar-refractivity contribution in [3.8, 4) is 11.1 Å². The van der Waals surface area contributed by atoms with Crippen LogP contribution in [-0.4, -0.2) is 62.6 Å². The first-order valence-corrected chi connectivity index (χ1v) is 12.3. The Hall–Kier alpha value is -2.58. The number of primary amides is 1. The fourth-order valence-corrected chi connectivity index (χ4v) is 5.35. The largest absolute Gasteiger partial charge is 0.369 e. The summed E-state index contributed by atoms with van der Waals surface area (Å²) >= 11 is 5.99. The Balaban J connectivity index is 1.42. The van der Waals surface area contributed by atoms with Crippen LogP contribution in [0.2, 0.25) is 5.02 Å². The number of nitrogens with zero attached hydrogens (tertiary/aromatic N) is 2. The van der Waals surface area contributed by atoms with Crippen LogP contribution in [0.5, 0.6) is 0 Å². The topological polar surface area (TPSA) is 101 Å². The minimum absolute atomic E-state index is 0.0458. The predicted molar refractivity (Wildman–Crippen MR) is 119 cm³/mol. The quantitative estimate of drug-likeness (QED) is 0.756. The lowest BCUT2D eigenvalue weighted by atomic mass is 9.90. The molecular formula is C22H24ClN3O4S. The summed E-state index contributed by atoms with van der Waals surface area (Å²) in [5.41, 5.74) is 7.85. The van der Waals surface area contributed by atoms with Gasteiger partial charge in [-0.25, -0.2) is 13.2 Å². The maximum atomic E-state index is 12.6. The SMILES string of the molecule is CS(=O)(=O)c1cc(Cl)ccc1-c1ccc(C2CN(C(=O)N3CCC(C(N)=O)C3)C2)cc1. The molecule has 0 aromatic heterocycles. The summed E-state index contributed by atoms with van der Waals surface area (Å²) < 4.78 is 24.3. The minimum atomic E-state index is -3.42. The number of halogens is 1. The van der Waals surface area contributed by atoms with Gasteiger partial charge in [-0.05, 0) is 29.7 Å². The van der Waals surface area contributed by atoms with Gasteiger partial charge in [0.05, 0.1) is 10.8 Å². The van der Waals surface area contributed by atoms with Gasteiger partial charge in [0.15, 0.2) is 9.84 Å². The summed E-state index contributed by atoms with van der Waals surface area (Å²) in [6.45, 7) is 2.19. The number of amides is 3. The van der Waals surface area contributed by atoms with Gasteiger partial charge >= 0.3 is 6.03 Å². The molecule has 2 fully saturated rings. The zero-order valence-electron chi connectivity index (χ0n) is 17.1. The maximum Gasteiger partial charge on any atom is 0.320 e. The molecule has 0 saturated carbocycles. The second-order valence-electron chi connectivity index (χ2n) is 8.25. The Morgan fingerprint density at radius 3 is 2.29 bits per heavy atom. The Labute approximate surface area is 186 Å². The molecule has 0 radical (unpaired) electrons. The van der Waals surface area contributed by atoms with Crippen molar-refractivity contribution >= 4 is 33.4 Å². The molecule has 164 valence electrons. The summed E-state index contributed by atoms with van der Waals surface area (Å²) in [6.07, 6.45) is 1.79. The third-order valence-electron chi connectivity index (χ3n) is 6.05. The van der Waals surface area contributed by atoms with E-state index in [4.69, 9.17) is 17.3 Å². The van der Waals surface area contributed by atoms with E-state index in [1.54, 1.807) is 21.9 Å². The number of likely N-dealkylation sites (tertiary alicyclic amines) is 2. The monoisotopic (exact) mass is 461 g/mol. The first kappa shape index (κ1) is 21.6. The molecular weight excluding hydrogens is 438 g/mol. The van der Waals surface area contributed by atoms with E-state index in [2.05, 4.69) is 0 Å². The van der Waals surface area contributed by atoms with Gasteiger partial charge < -0.3 is 15.5 Å². The van der Waals surface area contributed by atoms with Gasteiger partial charge in [-0.3, -0.25) is 4.79 Å². The van der Waals surface area contributed by atoms with E-state index < -0.39 is 9.84 Å².